The highest BCUT2D eigenvalue weighted by atomic mass is 35.5. The Morgan fingerprint density at radius 3 is 2.94 bits per heavy atom. The van der Waals surface area contributed by atoms with Crippen molar-refractivity contribution < 1.29 is 0 Å². The molecule has 3 heterocycles. The van der Waals surface area contributed by atoms with Crippen LogP contribution < -0.4 is 0 Å². The molecule has 0 saturated carbocycles. The van der Waals surface area contributed by atoms with Gasteiger partial charge in [-0.3, -0.25) is 9.78 Å². The maximum absolute atomic E-state index is 5.96. The fraction of sp³-hybridized carbons (Fsp3) is 0.125. The van der Waals surface area contributed by atoms with Gasteiger partial charge in [0.2, 0.25) is 11.6 Å². The van der Waals surface area contributed by atoms with Crippen LogP contribution in [0.1, 0.15) is 0 Å². The number of aryl methyl sites for hydroxylation is 1. The smallest absolute Gasteiger partial charge is 0.219 e. The number of halogens is 1. The predicted octanol–water partition coefficient (Wildman–Crippen LogP) is 0.802. The van der Waals surface area contributed by atoms with Gasteiger partial charge in [0.15, 0.2) is 5.15 Å². The Morgan fingerprint density at radius 1 is 1.31 bits per heavy atom. The van der Waals surface area contributed by atoms with Crippen LogP contribution in [0.3, 0.4) is 0 Å². The van der Waals surface area contributed by atoms with E-state index in [0.717, 1.165) is 0 Å². The van der Waals surface area contributed by atoms with Crippen molar-refractivity contribution in [3.8, 4) is 11.6 Å². The maximum Gasteiger partial charge on any atom is 0.219 e. The highest BCUT2D eigenvalue weighted by Gasteiger charge is 2.12. The fourth-order valence-corrected chi connectivity index (χ4v) is 1.57. The molecule has 0 radical (unpaired) electrons. The van der Waals surface area contributed by atoms with E-state index in [0.29, 0.717) is 22.7 Å². The largest absolute Gasteiger partial charge is 0.283 e. The molecule has 1 N–H and O–H groups in total. The van der Waals surface area contributed by atoms with E-state index in [-0.39, 0.29) is 5.15 Å². The predicted molar refractivity (Wildman–Crippen MR) is 56.7 cm³/mol. The lowest BCUT2D eigenvalue weighted by Crippen LogP contribution is -1.94. The topological polar surface area (TPSA) is 85.2 Å². The van der Waals surface area contributed by atoms with Gasteiger partial charge in [0.05, 0.1) is 0 Å². The number of aromatic amines is 1. The molecule has 0 aliphatic rings. The van der Waals surface area contributed by atoms with E-state index in [9.17, 15) is 0 Å². The zero-order chi connectivity index (χ0) is 11.1. The molecule has 16 heavy (non-hydrogen) atoms. The first-order chi connectivity index (χ1) is 7.74. The summed E-state index contributed by atoms with van der Waals surface area (Å²) in [4.78, 5) is 12.4. The molecule has 0 aromatic carbocycles. The fourth-order valence-electron chi connectivity index (χ4n) is 1.35. The number of nitrogens with one attached hydrogen (secondary N) is 1. The van der Waals surface area contributed by atoms with Crippen molar-refractivity contribution in [2.24, 2.45) is 7.05 Å². The van der Waals surface area contributed by atoms with Crippen LogP contribution in [-0.2, 0) is 7.05 Å². The summed E-state index contributed by atoms with van der Waals surface area (Å²) in [6, 6.07) is 0. The molecule has 0 aliphatic heterocycles. The summed E-state index contributed by atoms with van der Waals surface area (Å²) in [5, 5.41) is 11.0. The first-order valence-electron chi connectivity index (χ1n) is 4.47. The van der Waals surface area contributed by atoms with Gasteiger partial charge in [-0.1, -0.05) is 11.6 Å². The summed E-state index contributed by atoms with van der Waals surface area (Å²) >= 11 is 5.96. The normalized spacial score (nSPS) is 11.1. The third kappa shape index (κ3) is 1.33. The van der Waals surface area contributed by atoms with Crippen molar-refractivity contribution in [1.82, 2.24) is 34.9 Å². The summed E-state index contributed by atoms with van der Waals surface area (Å²) in [6.07, 6.45) is 3.22. The van der Waals surface area contributed by atoms with Gasteiger partial charge in [0.25, 0.3) is 0 Å². The molecule has 0 fully saturated rings. The molecule has 0 aliphatic carbocycles. The van der Waals surface area contributed by atoms with Gasteiger partial charge < -0.3 is 0 Å². The Kier molecular flexibility index (Phi) is 1.87. The van der Waals surface area contributed by atoms with Crippen LogP contribution in [0, 0.1) is 0 Å². The maximum atomic E-state index is 5.96. The van der Waals surface area contributed by atoms with E-state index in [1.165, 1.54) is 0 Å². The van der Waals surface area contributed by atoms with E-state index < -0.39 is 0 Å². The molecular weight excluding hydrogens is 230 g/mol. The standard InChI is InChI=1S/C8H6ClN7/c1-16-3-10-7(15-16)8-12-4-2-11-14-5(4)6(9)13-8/h2-3H,1H3,(H,11,14). The van der Waals surface area contributed by atoms with E-state index >= 15 is 0 Å². The zero-order valence-electron chi connectivity index (χ0n) is 8.22. The van der Waals surface area contributed by atoms with Gasteiger partial charge in [0, 0.05) is 13.2 Å². The number of nitrogens with zero attached hydrogens (tertiary/aromatic N) is 6. The Morgan fingerprint density at radius 2 is 2.19 bits per heavy atom. The first-order valence-corrected chi connectivity index (χ1v) is 4.85. The SMILES string of the molecule is Cn1cnc(-c2nc(Cl)c3n[nH]cc3n2)n1. The van der Waals surface area contributed by atoms with Crippen LogP contribution in [0.4, 0.5) is 0 Å². The number of aromatic nitrogens is 7. The molecule has 3 rings (SSSR count). The molecule has 7 nitrogen and oxygen atoms in total. The van der Waals surface area contributed by atoms with Crippen LogP contribution in [0.5, 0.6) is 0 Å². The third-order valence-corrected chi connectivity index (χ3v) is 2.31. The van der Waals surface area contributed by atoms with E-state index in [2.05, 4.69) is 30.2 Å². The molecule has 0 unspecified atom stereocenters. The molecule has 0 saturated heterocycles. The van der Waals surface area contributed by atoms with Crippen LogP contribution in [0.15, 0.2) is 12.5 Å². The van der Waals surface area contributed by atoms with Crippen molar-refractivity contribution in [2.45, 2.75) is 0 Å². The Hall–Kier alpha value is -2.02. The number of hydrogen-bond donors (Lipinski definition) is 1. The average Bonchev–Trinajstić information content (AvgIpc) is 2.85. The lowest BCUT2D eigenvalue weighted by atomic mass is 10.4. The second kappa shape index (κ2) is 3.24. The Labute approximate surface area is 94.5 Å². The number of rotatable bonds is 1. The van der Waals surface area contributed by atoms with Crippen molar-refractivity contribution in [3.63, 3.8) is 0 Å². The number of fused-ring (bicyclic) bond motifs is 1. The minimum absolute atomic E-state index is 0.286. The molecular formula is C8H6ClN7. The molecule has 3 aromatic heterocycles. The van der Waals surface area contributed by atoms with Gasteiger partial charge in [-0.2, -0.15) is 5.10 Å². The van der Waals surface area contributed by atoms with Crippen LogP contribution >= 0.6 is 11.6 Å². The summed E-state index contributed by atoms with van der Waals surface area (Å²) in [5.41, 5.74) is 1.18. The minimum Gasteiger partial charge on any atom is -0.283 e. The van der Waals surface area contributed by atoms with Crippen molar-refractivity contribution in [2.75, 3.05) is 0 Å². The van der Waals surface area contributed by atoms with Gasteiger partial charge in [-0.05, 0) is 0 Å². The molecule has 8 heteroatoms. The quantitative estimate of drug-likeness (QED) is 0.631. The molecule has 80 valence electrons. The van der Waals surface area contributed by atoms with Gasteiger partial charge >= 0.3 is 0 Å². The third-order valence-electron chi connectivity index (χ3n) is 2.05. The minimum atomic E-state index is 0.286. The zero-order valence-corrected chi connectivity index (χ0v) is 8.97. The second-order valence-electron chi connectivity index (χ2n) is 3.20. The van der Waals surface area contributed by atoms with Crippen molar-refractivity contribution >= 4 is 22.6 Å². The van der Waals surface area contributed by atoms with Crippen molar-refractivity contribution in [1.29, 1.82) is 0 Å². The van der Waals surface area contributed by atoms with Crippen molar-refractivity contribution in [3.05, 3.63) is 17.7 Å². The van der Waals surface area contributed by atoms with E-state index in [1.54, 1.807) is 24.3 Å². The molecule has 3 aromatic rings. The average molecular weight is 236 g/mol. The van der Waals surface area contributed by atoms with Gasteiger partial charge in [-0.25, -0.2) is 15.0 Å². The van der Waals surface area contributed by atoms with Crippen LogP contribution in [0.25, 0.3) is 22.7 Å². The number of H-pyrrole nitrogens is 1. The highest BCUT2D eigenvalue weighted by molar-refractivity contribution is 6.33. The van der Waals surface area contributed by atoms with Gasteiger partial charge in [-0.15, -0.1) is 5.10 Å². The first kappa shape index (κ1) is 9.22. The molecule has 0 bridgehead atoms. The highest BCUT2D eigenvalue weighted by Crippen LogP contribution is 2.20. The molecule has 0 atom stereocenters. The lowest BCUT2D eigenvalue weighted by molar-refractivity contribution is 0.766. The monoisotopic (exact) mass is 235 g/mol. The molecule has 0 spiro atoms. The van der Waals surface area contributed by atoms with Crippen LogP contribution in [0.2, 0.25) is 5.15 Å². The van der Waals surface area contributed by atoms with Gasteiger partial charge in [0.1, 0.15) is 17.4 Å². The van der Waals surface area contributed by atoms with E-state index in [4.69, 9.17) is 11.6 Å². The summed E-state index contributed by atoms with van der Waals surface area (Å²) in [7, 11) is 1.77. The lowest BCUT2D eigenvalue weighted by Gasteiger charge is -1.95. The summed E-state index contributed by atoms with van der Waals surface area (Å²) in [5.74, 6) is 0.826. The number of hydrogen-bond acceptors (Lipinski definition) is 5. The van der Waals surface area contributed by atoms with Crippen LogP contribution in [-0.4, -0.2) is 34.9 Å². The van der Waals surface area contributed by atoms with E-state index in [1.807, 2.05) is 0 Å². The molecule has 0 amide bonds. The Balaban J connectivity index is 2.24. The summed E-state index contributed by atoms with van der Waals surface area (Å²) in [6.45, 7) is 0. The second-order valence-corrected chi connectivity index (χ2v) is 3.56. The summed E-state index contributed by atoms with van der Waals surface area (Å²) < 4.78 is 1.58. The Bertz CT molecular complexity index is 655.